The number of hydrogen-bond acceptors (Lipinski definition) is 4. The number of halogens is 1. The first kappa shape index (κ1) is 15.3. The van der Waals surface area contributed by atoms with E-state index in [4.69, 9.17) is 4.74 Å². The molecule has 3 rings (SSSR count). The van der Waals surface area contributed by atoms with E-state index in [1.165, 1.54) is 5.56 Å². The molecule has 0 spiro atoms. The molecule has 4 nitrogen and oxygen atoms in total. The first-order valence-corrected chi connectivity index (χ1v) is 9.85. The highest BCUT2D eigenvalue weighted by Gasteiger charge is 2.34. The van der Waals surface area contributed by atoms with Gasteiger partial charge in [-0.05, 0) is 47.9 Å². The van der Waals surface area contributed by atoms with Crippen LogP contribution in [-0.4, -0.2) is 38.2 Å². The molecule has 1 N–H and O–H groups in total. The minimum atomic E-state index is -2.91. The van der Waals surface area contributed by atoms with Gasteiger partial charge in [0.15, 0.2) is 9.84 Å². The summed E-state index contributed by atoms with van der Waals surface area (Å²) in [6.07, 6.45) is 2.23. The van der Waals surface area contributed by atoms with Gasteiger partial charge in [-0.2, -0.15) is 0 Å². The van der Waals surface area contributed by atoms with Crippen LogP contribution in [0.5, 0.6) is 5.75 Å². The number of hydrogen-bond donors (Lipinski definition) is 1. The van der Waals surface area contributed by atoms with Crippen LogP contribution in [0.3, 0.4) is 0 Å². The number of benzene rings is 1. The largest absolute Gasteiger partial charge is 0.493 e. The number of aliphatic hydroxyl groups excluding tert-OH is 1. The van der Waals surface area contributed by atoms with Gasteiger partial charge < -0.3 is 9.84 Å². The Hall–Kier alpha value is -0.590. The minimum Gasteiger partial charge on any atom is -0.493 e. The number of ether oxygens (including phenoxy) is 1. The summed E-state index contributed by atoms with van der Waals surface area (Å²) in [5.74, 6) is 1.41. The van der Waals surface area contributed by atoms with Crippen LogP contribution < -0.4 is 4.74 Å². The summed E-state index contributed by atoms with van der Waals surface area (Å²) in [4.78, 5) is 0. The number of fused-ring (bicyclic) bond motifs is 1. The van der Waals surface area contributed by atoms with Crippen LogP contribution in [-0.2, 0) is 22.7 Å². The molecule has 1 aromatic carbocycles. The van der Waals surface area contributed by atoms with Crippen molar-refractivity contribution in [2.24, 2.45) is 11.8 Å². The zero-order valence-corrected chi connectivity index (χ0v) is 14.1. The standard InChI is InChI=1S/C15H19BrO4S/c16-14-6-10-1-3-20-15(10)12(7-14)5-13(8-17)11-2-4-21(18,19)9-11/h6-7,11,13,17H,1-5,8-9H2. The summed E-state index contributed by atoms with van der Waals surface area (Å²) in [7, 11) is -2.91. The summed E-state index contributed by atoms with van der Waals surface area (Å²) in [5.41, 5.74) is 2.26. The molecule has 116 valence electrons. The smallest absolute Gasteiger partial charge is 0.150 e. The van der Waals surface area contributed by atoms with Crippen LogP contribution in [0.4, 0.5) is 0 Å². The Bertz CT molecular complexity index is 641. The molecule has 1 aromatic rings. The number of rotatable bonds is 4. The summed E-state index contributed by atoms with van der Waals surface area (Å²) < 4.78 is 30.0. The molecular weight excluding hydrogens is 356 g/mol. The molecule has 2 aliphatic heterocycles. The molecule has 0 aliphatic carbocycles. The molecule has 2 unspecified atom stereocenters. The molecule has 0 saturated carbocycles. The van der Waals surface area contributed by atoms with Gasteiger partial charge in [-0.3, -0.25) is 0 Å². The predicted molar refractivity (Wildman–Crippen MR) is 84.4 cm³/mol. The molecule has 1 fully saturated rings. The second-order valence-corrected chi connectivity index (χ2v) is 9.11. The third kappa shape index (κ3) is 3.27. The van der Waals surface area contributed by atoms with Crippen molar-refractivity contribution in [2.45, 2.75) is 19.3 Å². The fourth-order valence-corrected chi connectivity index (χ4v) is 5.83. The average Bonchev–Trinajstić information content (AvgIpc) is 3.01. The van der Waals surface area contributed by atoms with Gasteiger partial charge in [0.1, 0.15) is 5.75 Å². The molecule has 0 aromatic heterocycles. The predicted octanol–water partition coefficient (Wildman–Crippen LogP) is 1.97. The Labute approximate surface area is 133 Å². The Morgan fingerprint density at radius 2 is 2.24 bits per heavy atom. The molecule has 1 saturated heterocycles. The van der Waals surface area contributed by atoms with Crippen molar-refractivity contribution in [1.29, 1.82) is 0 Å². The Balaban J connectivity index is 1.82. The van der Waals surface area contributed by atoms with Crippen LogP contribution >= 0.6 is 15.9 Å². The summed E-state index contributed by atoms with van der Waals surface area (Å²) >= 11 is 3.52. The van der Waals surface area contributed by atoms with Crippen molar-refractivity contribution in [3.05, 3.63) is 27.7 Å². The average molecular weight is 375 g/mol. The minimum absolute atomic E-state index is 0.0154. The van der Waals surface area contributed by atoms with Gasteiger partial charge in [-0.1, -0.05) is 15.9 Å². The zero-order chi connectivity index (χ0) is 15.0. The Morgan fingerprint density at radius 3 is 2.90 bits per heavy atom. The van der Waals surface area contributed by atoms with E-state index in [1.807, 2.05) is 6.07 Å². The Morgan fingerprint density at radius 1 is 1.43 bits per heavy atom. The van der Waals surface area contributed by atoms with Crippen molar-refractivity contribution in [1.82, 2.24) is 0 Å². The van der Waals surface area contributed by atoms with Crippen molar-refractivity contribution in [3.8, 4) is 5.75 Å². The van der Waals surface area contributed by atoms with Gasteiger partial charge in [0.05, 0.1) is 18.1 Å². The summed E-state index contributed by atoms with van der Waals surface area (Å²) in [6, 6.07) is 4.09. The van der Waals surface area contributed by atoms with E-state index in [0.717, 1.165) is 22.2 Å². The van der Waals surface area contributed by atoms with Crippen LogP contribution in [0.15, 0.2) is 16.6 Å². The maximum atomic E-state index is 11.6. The number of sulfone groups is 1. The fraction of sp³-hybridized carbons (Fsp3) is 0.600. The van der Waals surface area contributed by atoms with Gasteiger partial charge >= 0.3 is 0 Å². The van der Waals surface area contributed by atoms with Gasteiger partial charge in [0.2, 0.25) is 0 Å². The third-order valence-electron chi connectivity index (χ3n) is 4.48. The molecular formula is C15H19BrO4S. The lowest BCUT2D eigenvalue weighted by atomic mass is 9.86. The first-order chi connectivity index (χ1) is 9.98. The SMILES string of the molecule is O=S1(=O)CCC(C(CO)Cc2cc(Br)cc3c2OCC3)C1. The second kappa shape index (κ2) is 5.89. The normalized spacial score (nSPS) is 24.6. The van der Waals surface area contributed by atoms with E-state index >= 15 is 0 Å². The number of aliphatic hydroxyl groups is 1. The monoisotopic (exact) mass is 374 g/mol. The topological polar surface area (TPSA) is 63.6 Å². The van der Waals surface area contributed by atoms with Crippen LogP contribution in [0.1, 0.15) is 17.5 Å². The molecule has 0 radical (unpaired) electrons. The summed E-state index contributed by atoms with van der Waals surface area (Å²) in [5, 5.41) is 9.69. The molecule has 2 atom stereocenters. The van der Waals surface area contributed by atoms with Crippen LogP contribution in [0.2, 0.25) is 0 Å². The Kier molecular flexibility index (Phi) is 4.30. The summed E-state index contributed by atoms with van der Waals surface area (Å²) in [6.45, 7) is 0.710. The van der Waals surface area contributed by atoms with Gasteiger partial charge in [-0.25, -0.2) is 8.42 Å². The van der Waals surface area contributed by atoms with Gasteiger partial charge in [-0.15, -0.1) is 0 Å². The van der Waals surface area contributed by atoms with Crippen LogP contribution in [0.25, 0.3) is 0 Å². The molecule has 6 heteroatoms. The highest BCUT2D eigenvalue weighted by molar-refractivity contribution is 9.10. The fourth-order valence-electron chi connectivity index (χ4n) is 3.36. The molecule has 0 amide bonds. The van der Waals surface area contributed by atoms with Crippen molar-refractivity contribution >= 4 is 25.8 Å². The molecule has 0 bridgehead atoms. The quantitative estimate of drug-likeness (QED) is 0.874. The lowest BCUT2D eigenvalue weighted by molar-refractivity contribution is 0.183. The second-order valence-electron chi connectivity index (χ2n) is 5.96. The van der Waals surface area contributed by atoms with E-state index in [-0.39, 0.29) is 29.9 Å². The van der Waals surface area contributed by atoms with E-state index in [1.54, 1.807) is 0 Å². The lowest BCUT2D eigenvalue weighted by Gasteiger charge is -2.21. The molecule has 2 heterocycles. The van der Waals surface area contributed by atoms with E-state index in [2.05, 4.69) is 22.0 Å². The van der Waals surface area contributed by atoms with Gasteiger partial charge in [0, 0.05) is 17.5 Å². The van der Waals surface area contributed by atoms with Crippen molar-refractivity contribution in [3.63, 3.8) is 0 Å². The van der Waals surface area contributed by atoms with E-state index in [0.29, 0.717) is 19.4 Å². The van der Waals surface area contributed by atoms with Crippen molar-refractivity contribution in [2.75, 3.05) is 24.7 Å². The first-order valence-electron chi connectivity index (χ1n) is 7.24. The third-order valence-corrected chi connectivity index (χ3v) is 6.73. The van der Waals surface area contributed by atoms with Crippen molar-refractivity contribution < 1.29 is 18.3 Å². The van der Waals surface area contributed by atoms with E-state index in [9.17, 15) is 13.5 Å². The highest BCUT2D eigenvalue weighted by atomic mass is 79.9. The maximum absolute atomic E-state index is 11.6. The molecule has 2 aliphatic rings. The maximum Gasteiger partial charge on any atom is 0.150 e. The van der Waals surface area contributed by atoms with Crippen LogP contribution in [0, 0.1) is 11.8 Å². The highest BCUT2D eigenvalue weighted by Crippen LogP contribution is 2.36. The lowest BCUT2D eigenvalue weighted by Crippen LogP contribution is -2.22. The van der Waals surface area contributed by atoms with Gasteiger partial charge in [0.25, 0.3) is 0 Å². The molecule has 21 heavy (non-hydrogen) atoms. The zero-order valence-electron chi connectivity index (χ0n) is 11.7. The van der Waals surface area contributed by atoms with E-state index < -0.39 is 9.84 Å².